The van der Waals surface area contributed by atoms with Crippen molar-refractivity contribution in [2.75, 3.05) is 0 Å². The van der Waals surface area contributed by atoms with Crippen molar-refractivity contribution in [1.82, 2.24) is 14.9 Å². The summed E-state index contributed by atoms with van der Waals surface area (Å²) in [7, 11) is -4.09. The summed E-state index contributed by atoms with van der Waals surface area (Å²) < 4.78 is 52.4. The van der Waals surface area contributed by atoms with Gasteiger partial charge in [-0.3, -0.25) is 5.10 Å². The number of aromatic nitrogens is 2. The van der Waals surface area contributed by atoms with Gasteiger partial charge in [0.05, 0.1) is 6.20 Å². The predicted octanol–water partition coefficient (Wildman–Crippen LogP) is 1.93. The van der Waals surface area contributed by atoms with Crippen LogP contribution in [-0.2, 0) is 16.6 Å². The summed E-state index contributed by atoms with van der Waals surface area (Å²) in [5.41, 5.74) is 0.585. The molecular weight excluding hydrogens is 344 g/mol. The number of aromatic amines is 1. The zero-order valence-corrected chi connectivity index (χ0v) is 11.7. The highest BCUT2D eigenvalue weighted by atomic mass is 79.9. The van der Waals surface area contributed by atoms with E-state index in [1.54, 1.807) is 0 Å². The zero-order chi connectivity index (χ0) is 14.0. The molecule has 0 unspecified atom stereocenters. The minimum Gasteiger partial charge on any atom is -0.285 e. The van der Waals surface area contributed by atoms with Crippen molar-refractivity contribution in [3.05, 3.63) is 46.2 Å². The van der Waals surface area contributed by atoms with Crippen LogP contribution in [0.15, 0.2) is 33.9 Å². The van der Waals surface area contributed by atoms with Gasteiger partial charge in [0.25, 0.3) is 0 Å². The van der Waals surface area contributed by atoms with Gasteiger partial charge < -0.3 is 0 Å². The van der Waals surface area contributed by atoms with E-state index in [9.17, 15) is 17.2 Å². The molecule has 0 spiro atoms. The van der Waals surface area contributed by atoms with Crippen LogP contribution < -0.4 is 4.72 Å². The lowest BCUT2D eigenvalue weighted by Gasteiger charge is -2.08. The Bertz CT molecular complexity index is 666. The summed E-state index contributed by atoms with van der Waals surface area (Å²) in [6.07, 6.45) is 2.93. The molecule has 9 heteroatoms. The van der Waals surface area contributed by atoms with Gasteiger partial charge in [-0.15, -0.1) is 0 Å². The summed E-state index contributed by atoms with van der Waals surface area (Å²) in [4.78, 5) is -0.627. The first-order valence-electron chi connectivity index (χ1n) is 5.02. The maximum absolute atomic E-state index is 13.6. The normalized spacial score (nSPS) is 11.7. The van der Waals surface area contributed by atoms with Gasteiger partial charge in [-0.2, -0.15) is 5.10 Å². The number of benzene rings is 1. The number of nitrogens with one attached hydrogen (secondary N) is 2. The third kappa shape index (κ3) is 3.17. The molecule has 0 aliphatic rings. The summed E-state index contributed by atoms with van der Waals surface area (Å²) >= 11 is 2.83. The van der Waals surface area contributed by atoms with Crippen molar-refractivity contribution < 1.29 is 17.2 Å². The van der Waals surface area contributed by atoms with E-state index in [1.165, 1.54) is 12.4 Å². The van der Waals surface area contributed by atoms with Crippen LogP contribution in [-0.4, -0.2) is 18.6 Å². The maximum Gasteiger partial charge on any atom is 0.244 e. The van der Waals surface area contributed by atoms with Crippen molar-refractivity contribution in [2.24, 2.45) is 0 Å². The van der Waals surface area contributed by atoms with E-state index in [0.29, 0.717) is 11.6 Å². The lowest BCUT2D eigenvalue weighted by atomic mass is 10.3. The van der Waals surface area contributed by atoms with E-state index in [2.05, 4.69) is 30.8 Å². The minimum absolute atomic E-state index is 0.0535. The van der Waals surface area contributed by atoms with Crippen molar-refractivity contribution in [1.29, 1.82) is 0 Å². The molecule has 0 amide bonds. The van der Waals surface area contributed by atoms with Crippen LogP contribution in [0.1, 0.15) is 5.56 Å². The van der Waals surface area contributed by atoms with E-state index < -0.39 is 26.6 Å². The molecule has 1 heterocycles. The van der Waals surface area contributed by atoms with Gasteiger partial charge in [-0.05, 0) is 22.0 Å². The van der Waals surface area contributed by atoms with E-state index in [1.807, 2.05) is 0 Å². The molecule has 1 aromatic carbocycles. The van der Waals surface area contributed by atoms with Gasteiger partial charge in [0.1, 0.15) is 16.5 Å². The molecule has 19 heavy (non-hydrogen) atoms. The van der Waals surface area contributed by atoms with Crippen LogP contribution in [0, 0.1) is 11.6 Å². The molecule has 5 nitrogen and oxygen atoms in total. The smallest absolute Gasteiger partial charge is 0.244 e. The van der Waals surface area contributed by atoms with Crippen LogP contribution >= 0.6 is 15.9 Å². The van der Waals surface area contributed by atoms with Gasteiger partial charge in [0.15, 0.2) is 0 Å². The van der Waals surface area contributed by atoms with Gasteiger partial charge in [0.2, 0.25) is 10.0 Å². The van der Waals surface area contributed by atoms with Gasteiger partial charge >= 0.3 is 0 Å². The Labute approximate surface area is 116 Å². The Morgan fingerprint density at radius 2 is 2.11 bits per heavy atom. The molecule has 2 aromatic rings. The first kappa shape index (κ1) is 14.1. The Balaban J connectivity index is 2.29. The topological polar surface area (TPSA) is 74.8 Å². The number of sulfonamides is 1. The quantitative estimate of drug-likeness (QED) is 0.883. The van der Waals surface area contributed by atoms with E-state index in [-0.39, 0.29) is 11.0 Å². The molecule has 0 saturated heterocycles. The second kappa shape index (κ2) is 5.35. The summed E-state index contributed by atoms with van der Waals surface area (Å²) in [6.45, 7) is -0.0535. The summed E-state index contributed by atoms with van der Waals surface area (Å²) in [6, 6.07) is 1.40. The Morgan fingerprint density at radius 1 is 1.37 bits per heavy atom. The van der Waals surface area contributed by atoms with Crippen molar-refractivity contribution >= 4 is 26.0 Å². The van der Waals surface area contributed by atoms with Crippen LogP contribution in [0.5, 0.6) is 0 Å². The highest BCUT2D eigenvalue weighted by Gasteiger charge is 2.23. The van der Waals surface area contributed by atoms with E-state index in [4.69, 9.17) is 0 Å². The molecule has 0 fully saturated rings. The van der Waals surface area contributed by atoms with Gasteiger partial charge in [-0.25, -0.2) is 21.9 Å². The largest absolute Gasteiger partial charge is 0.285 e. The van der Waals surface area contributed by atoms with Crippen molar-refractivity contribution in [2.45, 2.75) is 11.4 Å². The van der Waals surface area contributed by atoms with Gasteiger partial charge in [-0.1, -0.05) is 0 Å². The van der Waals surface area contributed by atoms with Crippen molar-refractivity contribution in [3.63, 3.8) is 0 Å². The fraction of sp³-hybridized carbons (Fsp3) is 0.100. The molecule has 0 atom stereocenters. The fourth-order valence-electron chi connectivity index (χ4n) is 1.41. The van der Waals surface area contributed by atoms with Crippen molar-refractivity contribution in [3.8, 4) is 0 Å². The molecule has 0 radical (unpaired) electrons. The van der Waals surface area contributed by atoms with Gasteiger partial charge in [0, 0.05) is 28.8 Å². The Morgan fingerprint density at radius 3 is 2.68 bits per heavy atom. The predicted molar refractivity (Wildman–Crippen MR) is 66.7 cm³/mol. The number of hydrogen-bond acceptors (Lipinski definition) is 3. The third-order valence-corrected chi connectivity index (χ3v) is 4.62. The molecule has 2 rings (SSSR count). The molecular formula is C10H8BrF2N3O2S. The number of H-pyrrole nitrogens is 1. The first-order valence-corrected chi connectivity index (χ1v) is 7.29. The number of rotatable bonds is 4. The minimum atomic E-state index is -4.09. The second-order valence-electron chi connectivity index (χ2n) is 3.63. The van der Waals surface area contributed by atoms with Crippen LogP contribution in [0.2, 0.25) is 0 Å². The fourth-order valence-corrected chi connectivity index (χ4v) is 3.59. The second-order valence-corrected chi connectivity index (χ2v) is 6.19. The lowest BCUT2D eigenvalue weighted by molar-refractivity contribution is 0.540. The number of nitrogens with zero attached hydrogens (tertiary/aromatic N) is 1. The maximum atomic E-state index is 13.6. The average molecular weight is 352 g/mol. The number of halogens is 3. The lowest BCUT2D eigenvalue weighted by Crippen LogP contribution is -2.24. The SMILES string of the molecule is O=S(=O)(NCc1cn[nH]c1)c1c(F)cc(F)cc1Br. The molecule has 1 aromatic heterocycles. The molecule has 102 valence electrons. The summed E-state index contributed by atoms with van der Waals surface area (Å²) in [5.74, 6) is -2.02. The zero-order valence-electron chi connectivity index (χ0n) is 9.32. The van der Waals surface area contributed by atoms with Crippen LogP contribution in [0.3, 0.4) is 0 Å². The molecule has 2 N–H and O–H groups in total. The first-order chi connectivity index (χ1) is 8.90. The molecule has 0 aliphatic carbocycles. The third-order valence-electron chi connectivity index (χ3n) is 2.25. The highest BCUT2D eigenvalue weighted by Crippen LogP contribution is 2.26. The standard InChI is InChI=1S/C10H8BrF2N3O2S/c11-8-1-7(12)2-9(13)10(8)19(17,18)16-5-6-3-14-15-4-6/h1-4,16H,5H2,(H,14,15). The van der Waals surface area contributed by atoms with Crippen LogP contribution in [0.4, 0.5) is 8.78 Å². The highest BCUT2D eigenvalue weighted by molar-refractivity contribution is 9.10. The monoisotopic (exact) mass is 351 g/mol. The summed E-state index contributed by atoms with van der Waals surface area (Å²) in [5, 5.41) is 6.17. The van der Waals surface area contributed by atoms with Crippen LogP contribution in [0.25, 0.3) is 0 Å². The number of hydrogen-bond donors (Lipinski definition) is 2. The molecule has 0 bridgehead atoms. The van der Waals surface area contributed by atoms with E-state index >= 15 is 0 Å². The molecule has 0 saturated carbocycles. The average Bonchev–Trinajstić information content (AvgIpc) is 2.77. The Kier molecular flexibility index (Phi) is 3.97. The van der Waals surface area contributed by atoms with E-state index in [0.717, 1.165) is 6.07 Å². The Hall–Kier alpha value is -1.32. The molecule has 0 aliphatic heterocycles.